The van der Waals surface area contributed by atoms with Gasteiger partial charge in [0, 0.05) is 12.7 Å². The number of aromatic nitrogens is 4. The van der Waals surface area contributed by atoms with Crippen LogP contribution in [0.1, 0.15) is 6.92 Å². The Hall–Kier alpha value is -1.21. The van der Waals surface area contributed by atoms with Crippen molar-refractivity contribution in [3.8, 4) is 0 Å². The Bertz CT molecular complexity index is 493. The number of nitrogens with zero attached hydrogens (tertiary/aromatic N) is 4. The maximum absolute atomic E-state index is 4.22. The highest BCUT2D eigenvalue weighted by molar-refractivity contribution is 9.10. The van der Waals surface area contributed by atoms with E-state index in [-0.39, 0.29) is 0 Å². The van der Waals surface area contributed by atoms with E-state index in [1.165, 1.54) is 24.4 Å². The predicted octanol–water partition coefficient (Wildman–Crippen LogP) is 2.61. The van der Waals surface area contributed by atoms with Crippen LogP contribution in [0.15, 0.2) is 39.4 Å². The van der Waals surface area contributed by atoms with Gasteiger partial charge in [0.05, 0.1) is 4.47 Å². The third-order valence-corrected chi connectivity index (χ3v) is 3.82. The Labute approximate surface area is 112 Å². The van der Waals surface area contributed by atoms with Crippen LogP contribution in [-0.4, -0.2) is 26.5 Å². The molecule has 0 saturated heterocycles. The normalized spacial score (nSPS) is 10.2. The van der Waals surface area contributed by atoms with Gasteiger partial charge in [-0.05, 0) is 40.7 Å². The Balaban J connectivity index is 2.24. The van der Waals surface area contributed by atoms with Crippen molar-refractivity contribution in [2.75, 3.05) is 11.9 Å². The molecule has 2 rings (SSSR count). The van der Waals surface area contributed by atoms with Crippen LogP contribution in [-0.2, 0) is 0 Å². The molecule has 5 nitrogen and oxygen atoms in total. The molecule has 0 aliphatic heterocycles. The maximum atomic E-state index is 4.22. The van der Waals surface area contributed by atoms with Crippen molar-refractivity contribution in [1.82, 2.24) is 19.9 Å². The fraction of sp³-hybridized carbons (Fsp3) is 0.200. The van der Waals surface area contributed by atoms with Gasteiger partial charge in [-0.3, -0.25) is 0 Å². The third kappa shape index (κ3) is 3.13. The van der Waals surface area contributed by atoms with E-state index in [0.29, 0.717) is 0 Å². The molecular weight excluding hydrogens is 302 g/mol. The van der Waals surface area contributed by atoms with Gasteiger partial charge in [0.25, 0.3) is 0 Å². The molecular formula is C10H10BrN5S. The van der Waals surface area contributed by atoms with Crippen molar-refractivity contribution in [2.24, 2.45) is 0 Å². The smallest absolute Gasteiger partial charge is 0.144 e. The molecule has 0 aliphatic rings. The molecule has 0 aliphatic carbocycles. The minimum absolute atomic E-state index is 0.791. The molecule has 0 saturated carbocycles. The number of halogens is 1. The largest absolute Gasteiger partial charge is 0.369 e. The number of rotatable bonds is 4. The summed E-state index contributed by atoms with van der Waals surface area (Å²) >= 11 is 4.95. The van der Waals surface area contributed by atoms with Gasteiger partial charge in [-0.15, -0.1) is 0 Å². The van der Waals surface area contributed by atoms with E-state index in [1.54, 1.807) is 6.20 Å². The van der Waals surface area contributed by atoms with Crippen molar-refractivity contribution in [1.29, 1.82) is 0 Å². The number of nitrogens with one attached hydrogen (secondary N) is 1. The Kier molecular flexibility index (Phi) is 4.27. The van der Waals surface area contributed by atoms with Gasteiger partial charge >= 0.3 is 0 Å². The van der Waals surface area contributed by atoms with E-state index in [2.05, 4.69) is 41.2 Å². The first kappa shape index (κ1) is 12.3. The van der Waals surface area contributed by atoms with Crippen LogP contribution in [0.5, 0.6) is 0 Å². The summed E-state index contributed by atoms with van der Waals surface area (Å²) in [7, 11) is 0. The van der Waals surface area contributed by atoms with E-state index in [4.69, 9.17) is 0 Å². The molecule has 2 heterocycles. The molecule has 2 aromatic rings. The highest BCUT2D eigenvalue weighted by atomic mass is 79.9. The maximum Gasteiger partial charge on any atom is 0.144 e. The lowest BCUT2D eigenvalue weighted by Gasteiger charge is -2.07. The second kappa shape index (κ2) is 5.92. The molecule has 0 spiro atoms. The zero-order valence-electron chi connectivity index (χ0n) is 9.09. The molecule has 17 heavy (non-hydrogen) atoms. The predicted molar refractivity (Wildman–Crippen MR) is 70.1 cm³/mol. The van der Waals surface area contributed by atoms with Gasteiger partial charge in [0.15, 0.2) is 0 Å². The van der Waals surface area contributed by atoms with Crippen molar-refractivity contribution in [2.45, 2.75) is 17.0 Å². The topological polar surface area (TPSA) is 63.6 Å². The average Bonchev–Trinajstić information content (AvgIpc) is 2.36. The summed E-state index contributed by atoms with van der Waals surface area (Å²) in [6, 6.07) is 1.84. The monoisotopic (exact) mass is 311 g/mol. The third-order valence-electron chi connectivity index (χ3n) is 1.86. The first-order valence-electron chi connectivity index (χ1n) is 4.99. The lowest BCUT2D eigenvalue weighted by Crippen LogP contribution is -2.01. The first-order valence-corrected chi connectivity index (χ1v) is 6.60. The molecule has 88 valence electrons. The van der Waals surface area contributed by atoms with E-state index in [0.717, 1.165) is 26.9 Å². The summed E-state index contributed by atoms with van der Waals surface area (Å²) < 4.78 is 0.852. The summed E-state index contributed by atoms with van der Waals surface area (Å²) in [4.78, 5) is 16.4. The number of anilines is 1. The van der Waals surface area contributed by atoms with Gasteiger partial charge in [-0.25, -0.2) is 19.9 Å². The summed E-state index contributed by atoms with van der Waals surface area (Å²) in [6.07, 6.45) is 4.75. The van der Waals surface area contributed by atoms with Gasteiger partial charge in [-0.2, -0.15) is 0 Å². The molecule has 0 aromatic carbocycles. The summed E-state index contributed by atoms with van der Waals surface area (Å²) in [6.45, 7) is 2.83. The van der Waals surface area contributed by atoms with E-state index >= 15 is 0 Å². The molecule has 0 bridgehead atoms. The van der Waals surface area contributed by atoms with Crippen LogP contribution in [0.3, 0.4) is 0 Å². The van der Waals surface area contributed by atoms with Gasteiger partial charge in [0.2, 0.25) is 0 Å². The summed E-state index contributed by atoms with van der Waals surface area (Å²) in [5, 5.41) is 4.84. The average molecular weight is 312 g/mol. The first-order chi connectivity index (χ1) is 8.31. The quantitative estimate of drug-likeness (QED) is 0.876. The molecule has 0 atom stereocenters. The van der Waals surface area contributed by atoms with Crippen LogP contribution in [0, 0.1) is 0 Å². The zero-order chi connectivity index (χ0) is 12.1. The van der Waals surface area contributed by atoms with Gasteiger partial charge < -0.3 is 5.32 Å². The lowest BCUT2D eigenvalue weighted by molar-refractivity contribution is 0.995. The lowest BCUT2D eigenvalue weighted by atomic mass is 10.5. The van der Waals surface area contributed by atoms with E-state index in [9.17, 15) is 0 Å². The SMILES string of the molecule is CCNc1ncnc(Sc2ccncn2)c1Br. The Morgan fingerprint density at radius 1 is 1.29 bits per heavy atom. The molecule has 0 fully saturated rings. The van der Waals surface area contributed by atoms with Crippen molar-refractivity contribution < 1.29 is 0 Å². The summed E-state index contributed by atoms with van der Waals surface area (Å²) in [5.74, 6) is 0.791. The minimum Gasteiger partial charge on any atom is -0.369 e. The van der Waals surface area contributed by atoms with Crippen LogP contribution in [0.25, 0.3) is 0 Å². The molecule has 0 unspecified atom stereocenters. The van der Waals surface area contributed by atoms with Gasteiger partial charge in [-0.1, -0.05) is 0 Å². The Morgan fingerprint density at radius 2 is 2.18 bits per heavy atom. The molecule has 2 aromatic heterocycles. The van der Waals surface area contributed by atoms with Crippen LogP contribution in [0.2, 0.25) is 0 Å². The molecule has 1 N–H and O–H groups in total. The van der Waals surface area contributed by atoms with Crippen molar-refractivity contribution in [3.63, 3.8) is 0 Å². The van der Waals surface area contributed by atoms with E-state index in [1.807, 2.05) is 13.0 Å². The highest BCUT2D eigenvalue weighted by Gasteiger charge is 2.09. The number of hydrogen-bond acceptors (Lipinski definition) is 6. The van der Waals surface area contributed by atoms with Crippen molar-refractivity contribution >= 4 is 33.5 Å². The summed E-state index contributed by atoms with van der Waals surface area (Å²) in [5.41, 5.74) is 0. The molecule has 0 amide bonds. The second-order valence-corrected chi connectivity index (χ2v) is 4.82. The van der Waals surface area contributed by atoms with E-state index < -0.39 is 0 Å². The van der Waals surface area contributed by atoms with Crippen LogP contribution >= 0.6 is 27.7 Å². The zero-order valence-corrected chi connectivity index (χ0v) is 11.5. The standard InChI is InChI=1S/C10H10BrN5S/c1-2-13-9-8(11)10(16-6-15-9)17-7-3-4-12-5-14-7/h3-6H,2H2,1H3,(H,13,15,16). The van der Waals surface area contributed by atoms with Gasteiger partial charge in [0.1, 0.15) is 28.5 Å². The minimum atomic E-state index is 0.791. The Morgan fingerprint density at radius 3 is 2.88 bits per heavy atom. The molecule has 7 heteroatoms. The van der Waals surface area contributed by atoms with Crippen LogP contribution < -0.4 is 5.32 Å². The fourth-order valence-corrected chi connectivity index (χ4v) is 2.45. The highest BCUT2D eigenvalue weighted by Crippen LogP contribution is 2.33. The fourth-order valence-electron chi connectivity index (χ4n) is 1.15. The second-order valence-electron chi connectivity index (χ2n) is 3.02. The number of hydrogen-bond donors (Lipinski definition) is 1. The molecule has 0 radical (unpaired) electrons. The van der Waals surface area contributed by atoms with Crippen molar-refractivity contribution in [3.05, 3.63) is 29.4 Å². The van der Waals surface area contributed by atoms with Crippen LogP contribution in [0.4, 0.5) is 5.82 Å².